The molecule has 0 aliphatic carbocycles. The van der Waals surface area contributed by atoms with Crippen molar-refractivity contribution in [2.45, 2.75) is 0 Å². The van der Waals surface area contributed by atoms with E-state index in [1.54, 1.807) is 18.2 Å². The number of nitrogens with two attached hydrogens (primary N) is 1. The van der Waals surface area contributed by atoms with Gasteiger partial charge in [-0.15, -0.1) is 0 Å². The van der Waals surface area contributed by atoms with Gasteiger partial charge in [0, 0.05) is 11.8 Å². The molecule has 5 nitrogen and oxygen atoms in total. The highest BCUT2D eigenvalue weighted by Gasteiger charge is 2.14. The molecule has 2 rings (SSSR count). The fraction of sp³-hybridized carbons (Fsp3) is 0.133. The maximum absolute atomic E-state index is 13.2. The highest BCUT2D eigenvalue weighted by atomic mass is 19.1. The van der Waals surface area contributed by atoms with E-state index < -0.39 is 11.7 Å². The van der Waals surface area contributed by atoms with Crippen LogP contribution in [-0.4, -0.2) is 20.1 Å². The van der Waals surface area contributed by atoms with Crippen LogP contribution in [0.3, 0.4) is 0 Å². The number of hydrogen-bond donors (Lipinski definition) is 2. The van der Waals surface area contributed by atoms with E-state index in [-0.39, 0.29) is 11.3 Å². The molecule has 3 N–H and O–H groups in total. The van der Waals surface area contributed by atoms with Gasteiger partial charge >= 0.3 is 0 Å². The molecule has 0 fully saturated rings. The van der Waals surface area contributed by atoms with Gasteiger partial charge in [-0.2, -0.15) is 0 Å². The highest BCUT2D eigenvalue weighted by molar-refractivity contribution is 6.08. The molecule has 0 saturated heterocycles. The van der Waals surface area contributed by atoms with Crippen LogP contribution in [0.25, 0.3) is 0 Å². The van der Waals surface area contributed by atoms with Crippen molar-refractivity contribution in [3.63, 3.8) is 0 Å². The summed E-state index contributed by atoms with van der Waals surface area (Å²) in [6.45, 7) is 0. The molecular formula is C15H15FN2O3. The summed E-state index contributed by atoms with van der Waals surface area (Å²) in [5, 5.41) is 2.63. The third-order valence-corrected chi connectivity index (χ3v) is 2.91. The van der Waals surface area contributed by atoms with Crippen LogP contribution in [-0.2, 0) is 0 Å². The Bertz CT molecular complexity index is 674. The molecule has 0 radical (unpaired) electrons. The average molecular weight is 290 g/mol. The Kier molecular flexibility index (Phi) is 4.27. The van der Waals surface area contributed by atoms with Gasteiger partial charge < -0.3 is 20.5 Å². The Balaban J connectivity index is 2.32. The zero-order valence-electron chi connectivity index (χ0n) is 11.6. The molecule has 0 heterocycles. The number of carbonyl (C=O) groups is 1. The van der Waals surface area contributed by atoms with Gasteiger partial charge in [0.2, 0.25) is 0 Å². The van der Waals surface area contributed by atoms with Gasteiger partial charge in [-0.05, 0) is 30.3 Å². The van der Waals surface area contributed by atoms with Crippen LogP contribution in [0.4, 0.5) is 15.8 Å². The number of nitrogens with one attached hydrogen (secondary N) is 1. The number of amides is 1. The molecule has 2 aromatic rings. The maximum atomic E-state index is 13.2. The fourth-order valence-corrected chi connectivity index (χ4v) is 1.83. The van der Waals surface area contributed by atoms with E-state index in [9.17, 15) is 9.18 Å². The summed E-state index contributed by atoms with van der Waals surface area (Å²) in [6, 6.07) is 8.57. The first-order chi connectivity index (χ1) is 10.0. The summed E-state index contributed by atoms with van der Waals surface area (Å²) in [4.78, 5) is 12.2. The molecule has 1 amide bonds. The van der Waals surface area contributed by atoms with Crippen LogP contribution in [0.2, 0.25) is 0 Å². The quantitative estimate of drug-likeness (QED) is 0.849. The minimum Gasteiger partial charge on any atom is -0.497 e. The van der Waals surface area contributed by atoms with E-state index in [1.165, 1.54) is 26.4 Å². The number of anilines is 2. The van der Waals surface area contributed by atoms with E-state index in [1.807, 2.05) is 0 Å². The van der Waals surface area contributed by atoms with E-state index >= 15 is 0 Å². The molecule has 0 aliphatic heterocycles. The molecule has 0 aliphatic rings. The monoisotopic (exact) mass is 290 g/mol. The Morgan fingerprint density at radius 2 is 1.90 bits per heavy atom. The maximum Gasteiger partial charge on any atom is 0.257 e. The summed E-state index contributed by atoms with van der Waals surface area (Å²) in [5.74, 6) is -0.0528. The first-order valence-electron chi connectivity index (χ1n) is 6.13. The summed E-state index contributed by atoms with van der Waals surface area (Å²) in [7, 11) is 2.99. The first-order valence-corrected chi connectivity index (χ1v) is 6.13. The number of rotatable bonds is 4. The lowest BCUT2D eigenvalue weighted by Gasteiger charge is -2.12. The number of hydrogen-bond acceptors (Lipinski definition) is 4. The number of benzene rings is 2. The smallest absolute Gasteiger partial charge is 0.257 e. The van der Waals surface area contributed by atoms with Crippen molar-refractivity contribution in [3.8, 4) is 11.5 Å². The number of methoxy groups -OCH3 is 2. The van der Waals surface area contributed by atoms with Gasteiger partial charge in [0.1, 0.15) is 17.3 Å². The molecule has 21 heavy (non-hydrogen) atoms. The first kappa shape index (κ1) is 14.6. The second-order valence-corrected chi connectivity index (χ2v) is 4.25. The molecule has 0 saturated carbocycles. The van der Waals surface area contributed by atoms with E-state index in [2.05, 4.69) is 5.32 Å². The van der Waals surface area contributed by atoms with Gasteiger partial charge in [0.05, 0.1) is 25.5 Å². The SMILES string of the molecule is COc1ccc(OC)c(NC(=O)c2cc(F)ccc2N)c1. The molecule has 0 aromatic heterocycles. The fourth-order valence-electron chi connectivity index (χ4n) is 1.83. The third-order valence-electron chi connectivity index (χ3n) is 2.91. The van der Waals surface area contributed by atoms with Crippen molar-refractivity contribution < 1.29 is 18.7 Å². The van der Waals surface area contributed by atoms with Crippen molar-refractivity contribution in [1.29, 1.82) is 0 Å². The minimum absolute atomic E-state index is 0.0554. The van der Waals surface area contributed by atoms with Crippen LogP contribution < -0.4 is 20.5 Å². The number of nitrogen functional groups attached to an aromatic ring is 1. The van der Waals surface area contributed by atoms with Crippen LogP contribution in [0.15, 0.2) is 36.4 Å². The predicted octanol–water partition coefficient (Wildman–Crippen LogP) is 2.68. The van der Waals surface area contributed by atoms with Crippen LogP contribution >= 0.6 is 0 Å². The van der Waals surface area contributed by atoms with Gasteiger partial charge in [0.15, 0.2) is 0 Å². The van der Waals surface area contributed by atoms with E-state index in [4.69, 9.17) is 15.2 Å². The van der Waals surface area contributed by atoms with Crippen molar-refractivity contribution in [2.75, 3.05) is 25.3 Å². The lowest BCUT2D eigenvalue weighted by molar-refractivity contribution is 0.102. The molecule has 6 heteroatoms. The molecular weight excluding hydrogens is 275 g/mol. The lowest BCUT2D eigenvalue weighted by atomic mass is 10.1. The van der Waals surface area contributed by atoms with Crippen LogP contribution in [0.5, 0.6) is 11.5 Å². The number of ether oxygens (including phenoxy) is 2. The van der Waals surface area contributed by atoms with Crippen molar-refractivity contribution in [1.82, 2.24) is 0 Å². The standard InChI is InChI=1S/C15H15FN2O3/c1-20-10-4-6-14(21-2)13(8-10)18-15(19)11-7-9(16)3-5-12(11)17/h3-8H,17H2,1-2H3,(H,18,19). The molecule has 110 valence electrons. The minimum atomic E-state index is -0.535. The Hall–Kier alpha value is -2.76. The van der Waals surface area contributed by atoms with E-state index in [0.717, 1.165) is 6.07 Å². The second kappa shape index (κ2) is 6.13. The molecule has 0 unspecified atom stereocenters. The highest BCUT2D eigenvalue weighted by Crippen LogP contribution is 2.29. The number of carbonyl (C=O) groups excluding carboxylic acids is 1. The van der Waals surface area contributed by atoms with Gasteiger partial charge in [-0.1, -0.05) is 0 Å². The van der Waals surface area contributed by atoms with Crippen molar-refractivity contribution in [3.05, 3.63) is 47.8 Å². The topological polar surface area (TPSA) is 73.6 Å². The molecule has 2 aromatic carbocycles. The summed E-state index contributed by atoms with van der Waals surface area (Å²) >= 11 is 0. The van der Waals surface area contributed by atoms with E-state index in [0.29, 0.717) is 17.2 Å². The Labute approximate surface area is 121 Å². The Morgan fingerprint density at radius 3 is 2.57 bits per heavy atom. The second-order valence-electron chi connectivity index (χ2n) is 4.25. The van der Waals surface area contributed by atoms with Crippen LogP contribution in [0.1, 0.15) is 10.4 Å². The Morgan fingerprint density at radius 1 is 1.14 bits per heavy atom. The zero-order valence-corrected chi connectivity index (χ0v) is 11.6. The van der Waals surface area contributed by atoms with Gasteiger partial charge in [0.25, 0.3) is 5.91 Å². The largest absolute Gasteiger partial charge is 0.497 e. The van der Waals surface area contributed by atoms with Gasteiger partial charge in [-0.3, -0.25) is 4.79 Å². The average Bonchev–Trinajstić information content (AvgIpc) is 2.49. The molecule has 0 bridgehead atoms. The van der Waals surface area contributed by atoms with Gasteiger partial charge in [-0.25, -0.2) is 4.39 Å². The van der Waals surface area contributed by atoms with Crippen LogP contribution in [0, 0.1) is 5.82 Å². The summed E-state index contributed by atoms with van der Waals surface area (Å²) in [6.07, 6.45) is 0. The molecule has 0 atom stereocenters. The van der Waals surface area contributed by atoms with Crippen molar-refractivity contribution in [2.24, 2.45) is 0 Å². The predicted molar refractivity (Wildman–Crippen MR) is 78.3 cm³/mol. The lowest BCUT2D eigenvalue weighted by Crippen LogP contribution is -2.15. The normalized spacial score (nSPS) is 10.0. The zero-order chi connectivity index (χ0) is 15.4. The summed E-state index contributed by atoms with van der Waals surface area (Å²) in [5.41, 5.74) is 6.34. The number of halogens is 1. The third kappa shape index (κ3) is 3.22. The summed E-state index contributed by atoms with van der Waals surface area (Å²) < 4.78 is 23.5. The molecule has 0 spiro atoms. The van der Waals surface area contributed by atoms with Crippen molar-refractivity contribution >= 4 is 17.3 Å².